The van der Waals surface area contributed by atoms with E-state index in [9.17, 15) is 0 Å². The zero-order chi connectivity index (χ0) is 38.4. The second-order valence-electron chi connectivity index (χ2n) is 14.9. The van der Waals surface area contributed by atoms with Gasteiger partial charge in [-0.05, 0) is 115 Å². The van der Waals surface area contributed by atoms with E-state index >= 15 is 0 Å². The predicted molar refractivity (Wildman–Crippen MR) is 245 cm³/mol. The molecule has 0 radical (unpaired) electrons. The Morgan fingerprint density at radius 2 is 0.810 bits per heavy atom. The highest BCUT2D eigenvalue weighted by atomic mass is 16.3. The minimum Gasteiger partial charge on any atom is -0.455 e. The van der Waals surface area contributed by atoms with Gasteiger partial charge in [-0.2, -0.15) is 0 Å². The zero-order valence-electron chi connectivity index (χ0n) is 31.7. The van der Waals surface area contributed by atoms with Crippen molar-refractivity contribution in [3.63, 3.8) is 0 Å². The van der Waals surface area contributed by atoms with E-state index in [1.54, 1.807) is 0 Å². The minimum atomic E-state index is 0.883. The van der Waals surface area contributed by atoms with Gasteiger partial charge in [0.15, 0.2) is 0 Å². The summed E-state index contributed by atoms with van der Waals surface area (Å²) in [5.41, 5.74) is 12.2. The van der Waals surface area contributed by atoms with Crippen LogP contribution in [0.15, 0.2) is 229 Å². The van der Waals surface area contributed by atoms with Crippen LogP contribution in [0, 0.1) is 0 Å². The van der Waals surface area contributed by atoms with Crippen LogP contribution in [0.5, 0.6) is 0 Å². The highest BCUT2D eigenvalue weighted by molar-refractivity contribution is 6.08. The molecule has 0 saturated carbocycles. The van der Waals surface area contributed by atoms with Gasteiger partial charge in [-0.15, -0.1) is 0 Å². The Bertz CT molecular complexity index is 3270. The summed E-state index contributed by atoms with van der Waals surface area (Å²) >= 11 is 0. The molecule has 0 unspecified atom stereocenters. The van der Waals surface area contributed by atoms with E-state index in [1.807, 2.05) is 12.1 Å². The SMILES string of the molecule is c1ccc(-c2c(-c3cccc(-c4ccc(N(c5ccc(-c6ccc7c(ccc8ccccc87)c6)cc5)c5ccc6ccccc6c5)cc4)c3)oc3ccccc23)cc1. The molecule has 0 saturated heterocycles. The van der Waals surface area contributed by atoms with Crippen molar-refractivity contribution in [2.45, 2.75) is 0 Å². The molecule has 1 heterocycles. The molecule has 0 aliphatic heterocycles. The molecule has 2 nitrogen and oxygen atoms in total. The van der Waals surface area contributed by atoms with Gasteiger partial charge in [0.25, 0.3) is 0 Å². The highest BCUT2D eigenvalue weighted by Gasteiger charge is 2.19. The Morgan fingerprint density at radius 3 is 1.59 bits per heavy atom. The van der Waals surface area contributed by atoms with Crippen molar-refractivity contribution in [1.82, 2.24) is 0 Å². The maximum absolute atomic E-state index is 6.57. The molecule has 0 fully saturated rings. The molecule has 0 N–H and O–H groups in total. The fourth-order valence-electron chi connectivity index (χ4n) is 8.54. The van der Waals surface area contributed by atoms with E-state index in [4.69, 9.17) is 4.42 Å². The minimum absolute atomic E-state index is 0.883. The van der Waals surface area contributed by atoms with Crippen LogP contribution in [-0.4, -0.2) is 0 Å². The summed E-state index contributed by atoms with van der Waals surface area (Å²) in [6.45, 7) is 0. The molecule has 11 rings (SSSR count). The summed E-state index contributed by atoms with van der Waals surface area (Å²) < 4.78 is 6.57. The van der Waals surface area contributed by atoms with Gasteiger partial charge in [-0.25, -0.2) is 0 Å². The van der Waals surface area contributed by atoms with Gasteiger partial charge in [-0.3, -0.25) is 0 Å². The first kappa shape index (κ1) is 33.6. The van der Waals surface area contributed by atoms with Crippen molar-refractivity contribution in [3.8, 4) is 44.7 Å². The fourth-order valence-corrected chi connectivity index (χ4v) is 8.54. The van der Waals surface area contributed by atoms with Crippen LogP contribution in [-0.2, 0) is 0 Å². The fraction of sp³-hybridized carbons (Fsp3) is 0. The number of para-hydroxylation sites is 1. The van der Waals surface area contributed by atoms with Crippen molar-refractivity contribution >= 4 is 60.3 Å². The number of fused-ring (bicyclic) bond motifs is 5. The van der Waals surface area contributed by atoms with Crippen molar-refractivity contribution in [2.75, 3.05) is 4.90 Å². The molecule has 272 valence electrons. The number of anilines is 3. The topological polar surface area (TPSA) is 16.4 Å². The first-order valence-electron chi connectivity index (χ1n) is 19.8. The summed E-state index contributed by atoms with van der Waals surface area (Å²) in [5.74, 6) is 0.883. The van der Waals surface area contributed by atoms with Crippen LogP contribution >= 0.6 is 0 Å². The van der Waals surface area contributed by atoms with Crippen LogP contribution in [0.2, 0.25) is 0 Å². The lowest BCUT2D eigenvalue weighted by molar-refractivity contribution is 0.632. The third-order valence-corrected chi connectivity index (χ3v) is 11.4. The van der Waals surface area contributed by atoms with Gasteiger partial charge in [0.1, 0.15) is 11.3 Å². The van der Waals surface area contributed by atoms with Gasteiger partial charge >= 0.3 is 0 Å². The van der Waals surface area contributed by atoms with Gasteiger partial charge in [0, 0.05) is 33.6 Å². The van der Waals surface area contributed by atoms with Crippen LogP contribution in [0.3, 0.4) is 0 Å². The van der Waals surface area contributed by atoms with Crippen molar-refractivity contribution in [1.29, 1.82) is 0 Å². The highest BCUT2D eigenvalue weighted by Crippen LogP contribution is 2.43. The summed E-state index contributed by atoms with van der Waals surface area (Å²) in [6, 6.07) is 80.6. The molecule has 0 aliphatic rings. The standard InChI is InChI=1S/C56H37NO/c1-2-13-42(14-3-1)55-53-19-8-9-20-54(53)58-56(55)47-17-10-16-43(36-47)39-23-29-48(30-24-39)57(50-33-27-38-11-4-5-15-44(38)37-50)49-31-25-40(26-32-49)45-28-34-52-46(35-45)22-21-41-12-6-7-18-51(41)52/h1-37H. The van der Waals surface area contributed by atoms with Gasteiger partial charge in [0.2, 0.25) is 0 Å². The number of hydrogen-bond acceptors (Lipinski definition) is 2. The zero-order valence-corrected chi connectivity index (χ0v) is 31.7. The molecule has 11 aromatic rings. The Hall–Kier alpha value is -7.68. The summed E-state index contributed by atoms with van der Waals surface area (Å²) in [5, 5.41) is 8.63. The molecule has 0 aliphatic carbocycles. The molecular formula is C56H37NO. The molecule has 0 bridgehead atoms. The lowest BCUT2D eigenvalue weighted by Gasteiger charge is -2.26. The molecule has 2 heteroatoms. The molecule has 0 atom stereocenters. The number of furan rings is 1. The summed E-state index contributed by atoms with van der Waals surface area (Å²) in [4.78, 5) is 2.35. The number of rotatable bonds is 7. The monoisotopic (exact) mass is 739 g/mol. The molecule has 1 aromatic heterocycles. The van der Waals surface area contributed by atoms with E-state index in [1.165, 1.54) is 43.4 Å². The van der Waals surface area contributed by atoms with Crippen LogP contribution in [0.4, 0.5) is 17.1 Å². The average molecular weight is 740 g/mol. The third-order valence-electron chi connectivity index (χ3n) is 11.4. The van der Waals surface area contributed by atoms with Crippen molar-refractivity contribution in [3.05, 3.63) is 224 Å². The number of nitrogens with zero attached hydrogens (tertiary/aromatic N) is 1. The second-order valence-corrected chi connectivity index (χ2v) is 14.9. The Labute approximate surface area is 337 Å². The van der Waals surface area contributed by atoms with Crippen molar-refractivity contribution in [2.24, 2.45) is 0 Å². The molecule has 0 spiro atoms. The van der Waals surface area contributed by atoms with Crippen LogP contribution in [0.1, 0.15) is 0 Å². The first-order chi connectivity index (χ1) is 28.7. The van der Waals surface area contributed by atoms with Crippen LogP contribution < -0.4 is 4.90 Å². The van der Waals surface area contributed by atoms with E-state index in [-0.39, 0.29) is 0 Å². The molecule has 58 heavy (non-hydrogen) atoms. The van der Waals surface area contributed by atoms with E-state index in [0.717, 1.165) is 61.6 Å². The van der Waals surface area contributed by atoms with Crippen LogP contribution in [0.25, 0.3) is 88.0 Å². The molecule has 0 amide bonds. The Balaban J connectivity index is 0.957. The molecular weight excluding hydrogens is 703 g/mol. The summed E-state index contributed by atoms with van der Waals surface area (Å²) in [6.07, 6.45) is 0. The maximum atomic E-state index is 6.57. The number of benzene rings is 10. The van der Waals surface area contributed by atoms with Gasteiger partial charge in [0.05, 0.1) is 0 Å². The largest absolute Gasteiger partial charge is 0.455 e. The van der Waals surface area contributed by atoms with Crippen molar-refractivity contribution < 1.29 is 4.42 Å². The predicted octanol–water partition coefficient (Wildman–Crippen LogP) is 16.0. The normalized spacial score (nSPS) is 11.4. The molecule has 10 aromatic carbocycles. The third kappa shape index (κ3) is 6.00. The Morgan fingerprint density at radius 1 is 0.276 bits per heavy atom. The first-order valence-corrected chi connectivity index (χ1v) is 19.8. The smallest absolute Gasteiger partial charge is 0.143 e. The Kier molecular flexibility index (Phi) is 8.19. The summed E-state index contributed by atoms with van der Waals surface area (Å²) in [7, 11) is 0. The quantitative estimate of drug-likeness (QED) is 0.151. The van der Waals surface area contributed by atoms with Gasteiger partial charge < -0.3 is 9.32 Å². The van der Waals surface area contributed by atoms with Gasteiger partial charge in [-0.1, -0.05) is 170 Å². The maximum Gasteiger partial charge on any atom is 0.143 e. The number of hydrogen-bond donors (Lipinski definition) is 0. The average Bonchev–Trinajstić information content (AvgIpc) is 3.70. The van der Waals surface area contributed by atoms with E-state index in [2.05, 4.69) is 217 Å². The second kappa shape index (κ2) is 14.1. The lowest BCUT2D eigenvalue weighted by atomic mass is 9.96. The lowest BCUT2D eigenvalue weighted by Crippen LogP contribution is -2.09. The van der Waals surface area contributed by atoms with E-state index in [0.29, 0.717) is 0 Å². The van der Waals surface area contributed by atoms with E-state index < -0.39 is 0 Å².